The second-order valence-corrected chi connectivity index (χ2v) is 9.30. The summed E-state index contributed by atoms with van der Waals surface area (Å²) in [6.07, 6.45) is 0.0508. The number of halogens is 1. The van der Waals surface area contributed by atoms with Crippen molar-refractivity contribution < 1.29 is 27.5 Å². The van der Waals surface area contributed by atoms with E-state index in [0.29, 0.717) is 0 Å². The highest BCUT2D eigenvalue weighted by Gasteiger charge is 2.29. The van der Waals surface area contributed by atoms with Gasteiger partial charge < -0.3 is 14.8 Å². The monoisotopic (exact) mass is 502 g/mol. The third kappa shape index (κ3) is 6.13. The minimum atomic E-state index is -4.23. The van der Waals surface area contributed by atoms with Crippen molar-refractivity contribution in [1.29, 1.82) is 0 Å². The first-order valence-electron chi connectivity index (χ1n) is 10.1. The van der Waals surface area contributed by atoms with Crippen molar-refractivity contribution in [2.24, 2.45) is 0 Å². The van der Waals surface area contributed by atoms with Crippen LogP contribution in [-0.2, 0) is 26.0 Å². The molecule has 1 amide bonds. The highest BCUT2D eigenvalue weighted by Crippen LogP contribution is 2.27. The third-order valence-corrected chi connectivity index (χ3v) is 6.63. The standard InChI is InChI=1S/C24H23ClN2O6S/c1-32-21-13-12-17(25)15-22(21)34(30,31)27-20(14-16-8-4-3-5-9-16)23(28)26-19-11-7-6-10-18(19)24(29)33-2/h3-13,15,20,27H,14H2,1-2H3,(H,26,28). The smallest absolute Gasteiger partial charge is 0.339 e. The van der Waals surface area contributed by atoms with E-state index in [1.807, 2.05) is 6.07 Å². The van der Waals surface area contributed by atoms with Gasteiger partial charge in [0.25, 0.3) is 0 Å². The quantitative estimate of drug-likeness (QED) is 0.432. The van der Waals surface area contributed by atoms with Crippen LogP contribution in [0.1, 0.15) is 15.9 Å². The minimum absolute atomic E-state index is 0.0508. The van der Waals surface area contributed by atoms with Crippen molar-refractivity contribution in [1.82, 2.24) is 4.72 Å². The fraction of sp³-hybridized carbons (Fsp3) is 0.167. The van der Waals surface area contributed by atoms with E-state index >= 15 is 0 Å². The molecule has 0 fully saturated rings. The molecule has 34 heavy (non-hydrogen) atoms. The molecule has 8 nitrogen and oxygen atoms in total. The highest BCUT2D eigenvalue weighted by molar-refractivity contribution is 7.89. The lowest BCUT2D eigenvalue weighted by atomic mass is 10.1. The number of anilines is 1. The van der Waals surface area contributed by atoms with Gasteiger partial charge in [0.15, 0.2) is 0 Å². The number of rotatable bonds is 9. The molecule has 1 atom stereocenters. The van der Waals surface area contributed by atoms with Gasteiger partial charge in [-0.25, -0.2) is 13.2 Å². The van der Waals surface area contributed by atoms with Gasteiger partial charge in [0, 0.05) is 5.02 Å². The molecular weight excluding hydrogens is 480 g/mol. The summed E-state index contributed by atoms with van der Waals surface area (Å²) in [5.41, 5.74) is 1.05. The zero-order valence-electron chi connectivity index (χ0n) is 18.4. The van der Waals surface area contributed by atoms with Crippen LogP contribution in [0.3, 0.4) is 0 Å². The number of sulfonamides is 1. The van der Waals surface area contributed by atoms with Crippen LogP contribution in [0, 0.1) is 0 Å². The first kappa shape index (κ1) is 25.2. The van der Waals surface area contributed by atoms with Crippen molar-refractivity contribution >= 4 is 39.2 Å². The number of amides is 1. The second kappa shape index (κ2) is 11.1. The zero-order valence-corrected chi connectivity index (χ0v) is 20.0. The van der Waals surface area contributed by atoms with Crippen molar-refractivity contribution in [2.75, 3.05) is 19.5 Å². The van der Waals surface area contributed by atoms with Crippen LogP contribution in [0.5, 0.6) is 5.75 Å². The van der Waals surface area contributed by atoms with Gasteiger partial charge >= 0.3 is 5.97 Å². The fourth-order valence-electron chi connectivity index (χ4n) is 3.25. The summed E-state index contributed by atoms with van der Waals surface area (Å²) in [6, 6.07) is 18.2. The van der Waals surface area contributed by atoms with Crippen molar-refractivity contribution in [3.05, 3.63) is 88.9 Å². The fourth-order valence-corrected chi connectivity index (χ4v) is 4.88. The van der Waals surface area contributed by atoms with E-state index < -0.39 is 27.9 Å². The summed E-state index contributed by atoms with van der Waals surface area (Å²) in [4.78, 5) is 25.1. The zero-order chi connectivity index (χ0) is 24.7. The molecule has 0 radical (unpaired) electrons. The number of para-hydroxylation sites is 1. The maximum atomic E-state index is 13.3. The Labute approximate surface area is 202 Å². The van der Waals surface area contributed by atoms with Crippen LogP contribution in [0.2, 0.25) is 5.02 Å². The topological polar surface area (TPSA) is 111 Å². The molecule has 0 saturated heterocycles. The lowest BCUT2D eigenvalue weighted by Gasteiger charge is -2.20. The van der Waals surface area contributed by atoms with Crippen molar-refractivity contribution in [2.45, 2.75) is 17.4 Å². The molecule has 3 aromatic carbocycles. The minimum Gasteiger partial charge on any atom is -0.495 e. The SMILES string of the molecule is COC(=O)c1ccccc1NC(=O)C(Cc1ccccc1)NS(=O)(=O)c1cc(Cl)ccc1OC. The van der Waals surface area contributed by atoms with Gasteiger partial charge in [-0.2, -0.15) is 4.72 Å². The Balaban J connectivity index is 1.96. The van der Waals surface area contributed by atoms with E-state index in [0.717, 1.165) is 5.56 Å². The molecule has 0 aliphatic rings. The van der Waals surface area contributed by atoms with E-state index in [2.05, 4.69) is 10.0 Å². The van der Waals surface area contributed by atoms with E-state index in [4.69, 9.17) is 21.1 Å². The number of esters is 1. The highest BCUT2D eigenvalue weighted by atomic mass is 35.5. The number of ether oxygens (including phenoxy) is 2. The Bertz CT molecular complexity index is 1280. The number of nitrogens with one attached hydrogen (secondary N) is 2. The maximum absolute atomic E-state index is 13.3. The molecule has 0 aliphatic carbocycles. The molecule has 3 rings (SSSR count). The number of hydrogen-bond donors (Lipinski definition) is 2. The normalized spacial score (nSPS) is 12.0. The number of methoxy groups -OCH3 is 2. The Morgan fingerprint density at radius 2 is 1.65 bits per heavy atom. The Kier molecular flexibility index (Phi) is 8.27. The Hall–Kier alpha value is -3.40. The van der Waals surface area contributed by atoms with Crippen LogP contribution >= 0.6 is 11.6 Å². The molecule has 3 aromatic rings. The molecule has 0 saturated carbocycles. The molecule has 0 bridgehead atoms. The third-order valence-electron chi connectivity index (χ3n) is 4.90. The number of carbonyl (C=O) groups is 2. The molecule has 178 valence electrons. The lowest BCUT2D eigenvalue weighted by Crippen LogP contribution is -2.45. The van der Waals surface area contributed by atoms with E-state index in [9.17, 15) is 18.0 Å². The van der Waals surface area contributed by atoms with Crippen LogP contribution in [0.4, 0.5) is 5.69 Å². The van der Waals surface area contributed by atoms with Crippen LogP contribution in [-0.4, -0.2) is 40.6 Å². The summed E-state index contributed by atoms with van der Waals surface area (Å²) in [6.45, 7) is 0. The molecule has 0 heterocycles. The molecule has 0 spiro atoms. The number of carbonyl (C=O) groups excluding carboxylic acids is 2. The Morgan fingerprint density at radius 1 is 0.971 bits per heavy atom. The van der Waals surface area contributed by atoms with Crippen LogP contribution in [0.25, 0.3) is 0 Å². The van der Waals surface area contributed by atoms with Gasteiger partial charge in [-0.1, -0.05) is 54.1 Å². The van der Waals surface area contributed by atoms with Gasteiger partial charge in [0.05, 0.1) is 25.5 Å². The summed E-state index contributed by atoms with van der Waals surface area (Å²) in [7, 11) is -1.66. The summed E-state index contributed by atoms with van der Waals surface area (Å²) in [5.74, 6) is -1.23. The van der Waals surface area contributed by atoms with Gasteiger partial charge in [-0.05, 0) is 42.3 Å². The first-order valence-corrected chi connectivity index (χ1v) is 12.0. The predicted molar refractivity (Wildman–Crippen MR) is 129 cm³/mol. The van der Waals surface area contributed by atoms with Gasteiger partial charge in [0.2, 0.25) is 15.9 Å². The molecule has 0 aliphatic heterocycles. The lowest BCUT2D eigenvalue weighted by molar-refractivity contribution is -0.117. The van der Waals surface area contributed by atoms with Gasteiger partial charge in [-0.3, -0.25) is 4.79 Å². The van der Waals surface area contributed by atoms with Crippen LogP contribution in [0.15, 0.2) is 77.7 Å². The number of hydrogen-bond acceptors (Lipinski definition) is 6. The Morgan fingerprint density at radius 3 is 2.32 bits per heavy atom. The van der Waals surface area contributed by atoms with E-state index in [1.165, 1.54) is 44.6 Å². The van der Waals surface area contributed by atoms with E-state index in [1.54, 1.807) is 36.4 Å². The molecule has 2 N–H and O–H groups in total. The maximum Gasteiger partial charge on any atom is 0.339 e. The molecule has 10 heteroatoms. The molecule has 0 aromatic heterocycles. The summed E-state index contributed by atoms with van der Waals surface area (Å²) in [5, 5.41) is 2.83. The first-order chi connectivity index (χ1) is 16.2. The molecular formula is C24H23ClN2O6S. The average molecular weight is 503 g/mol. The number of benzene rings is 3. The molecule has 1 unspecified atom stereocenters. The van der Waals surface area contributed by atoms with Gasteiger partial charge in [-0.15, -0.1) is 0 Å². The largest absolute Gasteiger partial charge is 0.495 e. The van der Waals surface area contributed by atoms with Crippen LogP contribution < -0.4 is 14.8 Å². The van der Waals surface area contributed by atoms with Crippen molar-refractivity contribution in [3.8, 4) is 5.75 Å². The second-order valence-electron chi connectivity index (χ2n) is 7.19. The average Bonchev–Trinajstić information content (AvgIpc) is 2.84. The van der Waals surface area contributed by atoms with Crippen molar-refractivity contribution in [3.63, 3.8) is 0 Å². The van der Waals surface area contributed by atoms with E-state index in [-0.39, 0.29) is 33.3 Å². The summed E-state index contributed by atoms with van der Waals surface area (Å²) >= 11 is 6.01. The summed E-state index contributed by atoms with van der Waals surface area (Å²) < 4.78 is 38.9. The predicted octanol–water partition coefficient (Wildman–Crippen LogP) is 3.66. The van der Waals surface area contributed by atoms with Gasteiger partial charge in [0.1, 0.15) is 16.7 Å².